The summed E-state index contributed by atoms with van der Waals surface area (Å²) >= 11 is 0. The van der Waals surface area contributed by atoms with Crippen LogP contribution in [0.5, 0.6) is 0 Å². The number of para-hydroxylation sites is 3. The lowest BCUT2D eigenvalue weighted by Gasteiger charge is -2.21. The predicted octanol–water partition coefficient (Wildman–Crippen LogP) is 21.0. The van der Waals surface area contributed by atoms with Crippen molar-refractivity contribution in [1.82, 2.24) is 33.3 Å². The molecule has 0 N–H and O–H groups in total. The van der Waals surface area contributed by atoms with Crippen molar-refractivity contribution < 1.29 is 0 Å². The molecule has 21 rings (SSSR count). The number of hydrogen-bond donors (Lipinski definition) is 0. The molecule has 7 aromatic heterocycles. The van der Waals surface area contributed by atoms with Gasteiger partial charge in [0.15, 0.2) is 0 Å². The van der Waals surface area contributed by atoms with E-state index >= 15 is 0 Å². The van der Waals surface area contributed by atoms with Gasteiger partial charge in [0.1, 0.15) is 11.9 Å². The molecule has 8 heteroatoms. The van der Waals surface area contributed by atoms with E-state index in [0.29, 0.717) is 5.82 Å². The number of aryl methyl sites for hydroxylation is 1. The summed E-state index contributed by atoms with van der Waals surface area (Å²) in [5.74, 6) is 0.756. The van der Waals surface area contributed by atoms with Crippen molar-refractivity contribution in [3.63, 3.8) is 0 Å². The molecular formula is C83H48N8. The standard InChI is InChI=1S/C83H48N8/c1-3-52(53-22-8-9-23-54(53)59-40-61-55-24-11-14-29-69(55)89-72-38-47-19-6-4-17-45(47)35-64(72)75(44(59)2)80(61)89)68-43-85-78-58-27-16-21-50-33-51(37-66(76(50)58)79(78)87-68)49-31-32-71-60(34-49)63-41-62-56-25-12-15-30-70(56)90-73-39-48-20-7-5-18-46(48)36-65(73)77(81(62)90)82(63)91(71)83-57-26-10-13-28-67(57)86-74(42-84)88-83/h4-41,43,52H,3H2,1-2H3. The Labute approximate surface area is 519 Å². The Hall–Kier alpha value is -12.1. The van der Waals surface area contributed by atoms with Crippen LogP contribution < -0.4 is 0 Å². The first kappa shape index (κ1) is 49.0. The third-order valence-corrected chi connectivity index (χ3v) is 20.5. The van der Waals surface area contributed by atoms with Gasteiger partial charge in [-0.05, 0) is 159 Å². The Kier molecular flexibility index (Phi) is 9.48. The lowest BCUT2D eigenvalue weighted by atomic mass is 9.84. The number of aromatic nitrogens is 7. The average molecular weight is 1160 g/mol. The second-order valence-electron chi connectivity index (χ2n) is 25.0. The third-order valence-electron chi connectivity index (χ3n) is 20.5. The van der Waals surface area contributed by atoms with E-state index in [1.165, 1.54) is 104 Å². The van der Waals surface area contributed by atoms with E-state index in [-0.39, 0.29) is 11.7 Å². The zero-order chi connectivity index (χ0) is 59.6. The molecule has 0 fully saturated rings. The van der Waals surface area contributed by atoms with Crippen LogP contribution in [0, 0.1) is 18.3 Å². The molecule has 0 saturated heterocycles. The van der Waals surface area contributed by atoms with Crippen LogP contribution in [0.2, 0.25) is 0 Å². The van der Waals surface area contributed by atoms with Gasteiger partial charge in [-0.1, -0.05) is 153 Å². The molecule has 7 heterocycles. The largest absolute Gasteiger partial charge is 0.308 e. The maximum Gasteiger partial charge on any atom is 0.234 e. The maximum atomic E-state index is 10.5. The normalized spacial score (nSPS) is 12.9. The van der Waals surface area contributed by atoms with E-state index in [4.69, 9.17) is 19.9 Å². The molecule has 0 amide bonds. The van der Waals surface area contributed by atoms with Crippen LogP contribution in [0.1, 0.15) is 41.9 Å². The molecule has 420 valence electrons. The number of rotatable bonds is 6. The van der Waals surface area contributed by atoms with Gasteiger partial charge < -0.3 is 8.80 Å². The van der Waals surface area contributed by atoms with Crippen LogP contribution in [0.3, 0.4) is 0 Å². The predicted molar refractivity (Wildman–Crippen MR) is 375 cm³/mol. The summed E-state index contributed by atoms with van der Waals surface area (Å²) in [6.45, 7) is 4.61. The Morgan fingerprint density at radius 2 is 1.02 bits per heavy atom. The highest BCUT2D eigenvalue weighted by Gasteiger charge is 2.31. The lowest BCUT2D eigenvalue weighted by molar-refractivity contribution is 0.747. The zero-order valence-electron chi connectivity index (χ0n) is 49.4. The summed E-state index contributed by atoms with van der Waals surface area (Å²) in [4.78, 5) is 21.1. The Morgan fingerprint density at radius 3 is 1.76 bits per heavy atom. The van der Waals surface area contributed by atoms with Crippen molar-refractivity contribution in [3.05, 3.63) is 259 Å². The molecule has 1 unspecified atom stereocenters. The fraction of sp³-hybridized carbons (Fsp3) is 0.0482. The minimum Gasteiger partial charge on any atom is -0.308 e. The second kappa shape index (κ2) is 17.6. The molecule has 13 aromatic carbocycles. The van der Waals surface area contributed by atoms with Crippen LogP contribution in [0.4, 0.5) is 0 Å². The number of nitriles is 1. The summed E-state index contributed by atoms with van der Waals surface area (Å²) in [5.41, 5.74) is 22.1. The summed E-state index contributed by atoms with van der Waals surface area (Å²) in [6, 6.07) is 87.0. The van der Waals surface area contributed by atoms with Crippen LogP contribution in [-0.4, -0.2) is 33.3 Å². The second-order valence-corrected chi connectivity index (χ2v) is 25.0. The van der Waals surface area contributed by atoms with Gasteiger partial charge in [-0.2, -0.15) is 5.26 Å². The number of benzene rings is 13. The number of nitrogens with zero attached hydrogens (tertiary/aromatic N) is 8. The first-order valence-electron chi connectivity index (χ1n) is 31.4. The molecule has 0 aliphatic heterocycles. The van der Waals surface area contributed by atoms with E-state index in [1.54, 1.807) is 0 Å². The fourth-order valence-electron chi connectivity index (χ4n) is 16.7. The topological polar surface area (TPSA) is 89.1 Å². The number of fused-ring (bicyclic) bond motifs is 22. The van der Waals surface area contributed by atoms with Crippen LogP contribution in [-0.2, 0) is 0 Å². The molecule has 0 radical (unpaired) electrons. The zero-order valence-corrected chi connectivity index (χ0v) is 49.4. The minimum atomic E-state index is -0.0410. The van der Waals surface area contributed by atoms with E-state index in [9.17, 15) is 5.26 Å². The maximum absolute atomic E-state index is 10.5. The van der Waals surface area contributed by atoms with Gasteiger partial charge in [0, 0.05) is 87.9 Å². The van der Waals surface area contributed by atoms with Crippen LogP contribution >= 0.6 is 0 Å². The SMILES string of the molecule is CCC(c1cnc2c(n1)-c1cc(-c3ccc4c(c3)c3cc5c6ccccc6n6c7cc8ccccc8cc7c(c3n4-c3nc(C#N)nc4ccccc34)c56)cc3cccc-2c13)c1ccccc1-c1cc2c3ccccc3n3c4cc5ccccc5cc4c(c1C)c23. The summed E-state index contributed by atoms with van der Waals surface area (Å²) in [6.07, 6.45) is 2.88. The molecule has 1 atom stereocenters. The van der Waals surface area contributed by atoms with Gasteiger partial charge in [-0.15, -0.1) is 0 Å². The highest BCUT2D eigenvalue weighted by Crippen LogP contribution is 2.52. The van der Waals surface area contributed by atoms with Crippen molar-refractivity contribution in [2.45, 2.75) is 26.2 Å². The molecule has 91 heavy (non-hydrogen) atoms. The molecule has 1 aliphatic rings. The van der Waals surface area contributed by atoms with Crippen LogP contribution in [0.15, 0.2) is 237 Å². The smallest absolute Gasteiger partial charge is 0.234 e. The van der Waals surface area contributed by atoms with Gasteiger partial charge in [-0.3, -0.25) is 9.55 Å². The average Bonchev–Trinajstić information content (AvgIpc) is 1.53. The molecule has 20 aromatic rings. The van der Waals surface area contributed by atoms with Crippen molar-refractivity contribution in [2.75, 3.05) is 0 Å². The Morgan fingerprint density at radius 1 is 0.407 bits per heavy atom. The van der Waals surface area contributed by atoms with Gasteiger partial charge in [0.05, 0.1) is 66.7 Å². The quantitative estimate of drug-likeness (QED) is 0.165. The van der Waals surface area contributed by atoms with Crippen molar-refractivity contribution >= 4 is 141 Å². The molecule has 8 nitrogen and oxygen atoms in total. The Bertz CT molecular complexity index is 6730. The van der Waals surface area contributed by atoms with E-state index in [0.717, 1.165) is 106 Å². The summed E-state index contributed by atoms with van der Waals surface area (Å²) < 4.78 is 7.28. The lowest BCUT2D eigenvalue weighted by Crippen LogP contribution is -2.06. The minimum absolute atomic E-state index is 0.0410. The van der Waals surface area contributed by atoms with Crippen molar-refractivity contribution in [3.8, 4) is 56.7 Å². The monoisotopic (exact) mass is 1160 g/mol. The van der Waals surface area contributed by atoms with E-state index in [1.807, 2.05) is 24.4 Å². The fourth-order valence-corrected chi connectivity index (χ4v) is 16.7. The summed E-state index contributed by atoms with van der Waals surface area (Å²) in [7, 11) is 0. The molecule has 0 bridgehead atoms. The van der Waals surface area contributed by atoms with Crippen molar-refractivity contribution in [1.29, 1.82) is 5.26 Å². The van der Waals surface area contributed by atoms with Gasteiger partial charge in [0.2, 0.25) is 5.82 Å². The summed E-state index contributed by atoms with van der Waals surface area (Å²) in [5, 5.41) is 30.6. The molecular weight excluding hydrogens is 1110 g/mol. The number of hydrogen-bond acceptors (Lipinski definition) is 5. The van der Waals surface area contributed by atoms with Gasteiger partial charge >= 0.3 is 0 Å². The highest BCUT2D eigenvalue weighted by atomic mass is 15.1. The third kappa shape index (κ3) is 6.36. The van der Waals surface area contributed by atoms with Crippen LogP contribution in [0.25, 0.3) is 192 Å². The molecule has 1 aliphatic carbocycles. The highest BCUT2D eigenvalue weighted by molar-refractivity contribution is 6.35. The molecule has 0 spiro atoms. The Balaban J connectivity index is 0.764. The van der Waals surface area contributed by atoms with E-state index in [2.05, 4.69) is 246 Å². The first-order valence-corrected chi connectivity index (χ1v) is 31.4. The van der Waals surface area contributed by atoms with E-state index < -0.39 is 0 Å². The first-order chi connectivity index (χ1) is 45.0. The molecule has 0 saturated carbocycles. The van der Waals surface area contributed by atoms with Crippen molar-refractivity contribution in [2.24, 2.45) is 0 Å². The van der Waals surface area contributed by atoms with Gasteiger partial charge in [0.25, 0.3) is 0 Å². The van der Waals surface area contributed by atoms with Gasteiger partial charge in [-0.25, -0.2) is 15.0 Å².